The zero-order chi connectivity index (χ0) is 14.3. The van der Waals surface area contributed by atoms with Crippen molar-refractivity contribution in [3.8, 4) is 5.69 Å². The topological polar surface area (TPSA) is 29.9 Å². The molecule has 106 valence electrons. The number of nitrogens with zero attached hydrogens (tertiary/aromatic N) is 2. The first kappa shape index (κ1) is 13.3. The van der Waals surface area contributed by atoms with E-state index in [2.05, 4.69) is 24.3 Å². The normalized spacial score (nSPS) is 20.7. The summed E-state index contributed by atoms with van der Waals surface area (Å²) in [6, 6.07) is 6.85. The third-order valence-corrected chi connectivity index (χ3v) is 4.10. The van der Waals surface area contributed by atoms with Crippen LogP contribution in [0.15, 0.2) is 30.5 Å². The van der Waals surface area contributed by atoms with Crippen LogP contribution in [0.2, 0.25) is 0 Å². The molecule has 0 amide bonds. The van der Waals surface area contributed by atoms with Crippen molar-refractivity contribution in [3.63, 3.8) is 0 Å². The summed E-state index contributed by atoms with van der Waals surface area (Å²) in [5, 5.41) is 7.89. The molecule has 1 aliphatic rings. The van der Waals surface area contributed by atoms with Crippen molar-refractivity contribution in [1.82, 2.24) is 15.1 Å². The van der Waals surface area contributed by atoms with Gasteiger partial charge in [-0.2, -0.15) is 5.10 Å². The first-order chi connectivity index (χ1) is 9.50. The molecule has 1 aliphatic carbocycles. The Morgan fingerprint density at radius 3 is 2.65 bits per heavy atom. The number of fused-ring (bicyclic) bond motifs is 1. The smallest absolute Gasteiger partial charge is 0.123 e. The molecule has 0 fully saturated rings. The van der Waals surface area contributed by atoms with E-state index in [0.717, 1.165) is 18.5 Å². The minimum absolute atomic E-state index is 0.219. The van der Waals surface area contributed by atoms with Crippen LogP contribution in [0, 0.1) is 11.2 Å². The average Bonchev–Trinajstić information content (AvgIpc) is 2.81. The lowest BCUT2D eigenvalue weighted by Crippen LogP contribution is -2.32. The van der Waals surface area contributed by atoms with Crippen LogP contribution in [-0.4, -0.2) is 16.8 Å². The molecule has 0 spiro atoms. The van der Waals surface area contributed by atoms with Gasteiger partial charge in [0.2, 0.25) is 0 Å². The van der Waals surface area contributed by atoms with Crippen molar-refractivity contribution in [1.29, 1.82) is 0 Å². The second-order valence-corrected chi connectivity index (χ2v) is 6.32. The summed E-state index contributed by atoms with van der Waals surface area (Å²) in [5.74, 6) is -0.219. The Kier molecular flexibility index (Phi) is 3.13. The van der Waals surface area contributed by atoms with E-state index < -0.39 is 0 Å². The van der Waals surface area contributed by atoms with Crippen LogP contribution < -0.4 is 5.32 Å². The van der Waals surface area contributed by atoms with Crippen molar-refractivity contribution in [2.45, 2.75) is 32.7 Å². The third kappa shape index (κ3) is 2.24. The van der Waals surface area contributed by atoms with Gasteiger partial charge in [-0.05, 0) is 49.6 Å². The number of nitrogens with one attached hydrogen (secondary N) is 1. The lowest BCUT2D eigenvalue weighted by Gasteiger charge is -2.35. The van der Waals surface area contributed by atoms with E-state index in [-0.39, 0.29) is 11.2 Å². The molecule has 20 heavy (non-hydrogen) atoms. The number of hydrogen-bond acceptors (Lipinski definition) is 2. The quantitative estimate of drug-likeness (QED) is 0.910. The summed E-state index contributed by atoms with van der Waals surface area (Å²) in [7, 11) is 1.99. The molecule has 1 aromatic heterocycles. The lowest BCUT2D eigenvalue weighted by atomic mass is 9.74. The predicted octanol–water partition coefficient (Wildman–Crippen LogP) is 3.24. The molecule has 2 aromatic rings. The first-order valence-corrected chi connectivity index (χ1v) is 7.00. The fourth-order valence-electron chi connectivity index (χ4n) is 3.10. The minimum Gasteiger partial charge on any atom is -0.313 e. The highest BCUT2D eigenvalue weighted by Gasteiger charge is 2.34. The van der Waals surface area contributed by atoms with E-state index in [4.69, 9.17) is 0 Å². The fourth-order valence-corrected chi connectivity index (χ4v) is 3.10. The maximum absolute atomic E-state index is 13.1. The number of rotatable bonds is 2. The number of halogens is 1. The Bertz CT molecular complexity index is 613. The summed E-state index contributed by atoms with van der Waals surface area (Å²) in [5.41, 5.74) is 3.64. The van der Waals surface area contributed by atoms with Crippen molar-refractivity contribution < 1.29 is 4.39 Å². The van der Waals surface area contributed by atoms with Gasteiger partial charge in [0, 0.05) is 17.3 Å². The van der Waals surface area contributed by atoms with Gasteiger partial charge in [-0.25, -0.2) is 9.07 Å². The number of hydrogen-bond donors (Lipinski definition) is 1. The SMILES string of the molecule is CNC1CC(C)(C)Cc2c1cnn2-c1ccc(F)cc1. The minimum atomic E-state index is -0.219. The molecule has 4 heteroatoms. The molecule has 0 aliphatic heterocycles. The zero-order valence-corrected chi connectivity index (χ0v) is 12.2. The molecule has 0 saturated heterocycles. The van der Waals surface area contributed by atoms with Crippen LogP contribution in [0.4, 0.5) is 4.39 Å². The monoisotopic (exact) mass is 273 g/mol. The van der Waals surface area contributed by atoms with Crippen LogP contribution in [-0.2, 0) is 6.42 Å². The van der Waals surface area contributed by atoms with Gasteiger partial charge in [0.25, 0.3) is 0 Å². The van der Waals surface area contributed by atoms with Crippen molar-refractivity contribution >= 4 is 0 Å². The lowest BCUT2D eigenvalue weighted by molar-refractivity contribution is 0.260. The van der Waals surface area contributed by atoms with E-state index in [1.54, 1.807) is 12.1 Å². The van der Waals surface area contributed by atoms with Gasteiger partial charge in [0.15, 0.2) is 0 Å². The highest BCUT2D eigenvalue weighted by atomic mass is 19.1. The Labute approximate surface area is 118 Å². The maximum atomic E-state index is 13.1. The Hall–Kier alpha value is -1.68. The number of benzene rings is 1. The Morgan fingerprint density at radius 1 is 1.30 bits per heavy atom. The molecule has 1 atom stereocenters. The summed E-state index contributed by atoms with van der Waals surface area (Å²) < 4.78 is 15.0. The van der Waals surface area contributed by atoms with Gasteiger partial charge in [-0.15, -0.1) is 0 Å². The van der Waals surface area contributed by atoms with E-state index in [0.29, 0.717) is 6.04 Å². The number of aromatic nitrogens is 2. The summed E-state index contributed by atoms with van der Waals surface area (Å²) >= 11 is 0. The highest BCUT2D eigenvalue weighted by Crippen LogP contribution is 2.41. The van der Waals surface area contributed by atoms with Gasteiger partial charge in [0.1, 0.15) is 5.82 Å². The van der Waals surface area contributed by atoms with Crippen LogP contribution in [0.1, 0.15) is 37.6 Å². The average molecular weight is 273 g/mol. The van der Waals surface area contributed by atoms with E-state index >= 15 is 0 Å². The van der Waals surface area contributed by atoms with E-state index in [1.807, 2.05) is 17.9 Å². The summed E-state index contributed by atoms with van der Waals surface area (Å²) in [6.07, 6.45) is 4.03. The molecule has 3 nitrogen and oxygen atoms in total. The van der Waals surface area contributed by atoms with Gasteiger partial charge in [-0.1, -0.05) is 13.8 Å². The summed E-state index contributed by atoms with van der Waals surface area (Å²) in [4.78, 5) is 0. The molecular weight excluding hydrogens is 253 g/mol. The largest absolute Gasteiger partial charge is 0.313 e. The van der Waals surface area contributed by atoms with Crippen molar-refractivity contribution in [2.75, 3.05) is 7.05 Å². The second-order valence-electron chi connectivity index (χ2n) is 6.32. The zero-order valence-electron chi connectivity index (χ0n) is 12.2. The maximum Gasteiger partial charge on any atom is 0.123 e. The highest BCUT2D eigenvalue weighted by molar-refractivity contribution is 5.38. The molecule has 0 bridgehead atoms. The van der Waals surface area contributed by atoms with E-state index in [1.165, 1.54) is 23.4 Å². The molecule has 1 heterocycles. The van der Waals surface area contributed by atoms with Gasteiger partial charge < -0.3 is 5.32 Å². The van der Waals surface area contributed by atoms with Crippen molar-refractivity contribution in [3.05, 3.63) is 47.5 Å². The molecule has 0 saturated carbocycles. The first-order valence-electron chi connectivity index (χ1n) is 7.00. The van der Waals surface area contributed by atoms with Gasteiger partial charge in [-0.3, -0.25) is 0 Å². The molecule has 1 N–H and O–H groups in total. The van der Waals surface area contributed by atoms with Crippen LogP contribution in [0.25, 0.3) is 5.69 Å². The van der Waals surface area contributed by atoms with Gasteiger partial charge >= 0.3 is 0 Å². The molecule has 1 aromatic carbocycles. The Balaban J connectivity index is 2.08. The molecule has 1 unspecified atom stereocenters. The van der Waals surface area contributed by atoms with E-state index in [9.17, 15) is 4.39 Å². The van der Waals surface area contributed by atoms with Crippen LogP contribution in [0.3, 0.4) is 0 Å². The molecular formula is C16H20FN3. The second kappa shape index (κ2) is 4.70. The van der Waals surface area contributed by atoms with Gasteiger partial charge in [0.05, 0.1) is 11.9 Å². The fraction of sp³-hybridized carbons (Fsp3) is 0.438. The predicted molar refractivity (Wildman–Crippen MR) is 77.4 cm³/mol. The van der Waals surface area contributed by atoms with Crippen LogP contribution in [0.5, 0.6) is 0 Å². The molecule has 3 rings (SSSR count). The third-order valence-electron chi connectivity index (χ3n) is 4.10. The van der Waals surface area contributed by atoms with Crippen molar-refractivity contribution in [2.24, 2.45) is 5.41 Å². The summed E-state index contributed by atoms with van der Waals surface area (Å²) in [6.45, 7) is 4.56. The standard InChI is InChI=1S/C16H20FN3/c1-16(2)8-14(18-3)13-10-19-20(15(13)9-16)12-6-4-11(17)5-7-12/h4-7,10,14,18H,8-9H2,1-3H3. The molecule has 0 radical (unpaired) electrons. The van der Waals surface area contributed by atoms with Crippen LogP contribution >= 0.6 is 0 Å². The Morgan fingerprint density at radius 2 is 2.00 bits per heavy atom.